The number of aryl methyl sites for hydroxylation is 2. The highest BCUT2D eigenvalue weighted by Gasteiger charge is 2.12. The van der Waals surface area contributed by atoms with Crippen LogP contribution in [0.25, 0.3) is 0 Å². The first-order valence-corrected chi connectivity index (χ1v) is 5.43. The van der Waals surface area contributed by atoms with Gasteiger partial charge in [0.05, 0.1) is 29.3 Å². The number of aromatic nitrogens is 3. The number of esters is 1. The van der Waals surface area contributed by atoms with Crippen LogP contribution in [0.3, 0.4) is 0 Å². The summed E-state index contributed by atoms with van der Waals surface area (Å²) in [6.07, 6.45) is 4.95. The molecule has 0 amide bonds. The average molecular weight is 246 g/mol. The molecule has 6 heteroatoms. The highest BCUT2D eigenvalue weighted by atomic mass is 16.5. The molecule has 2 aromatic heterocycles. The molecule has 0 unspecified atom stereocenters. The zero-order valence-electron chi connectivity index (χ0n) is 10.3. The number of nitrogens with two attached hydrogens (primary N) is 1. The maximum Gasteiger partial charge on any atom is 0.340 e. The molecule has 2 rings (SSSR count). The number of nitrogen functional groups attached to an aromatic ring is 1. The van der Waals surface area contributed by atoms with Crippen molar-refractivity contribution in [2.75, 3.05) is 5.73 Å². The van der Waals surface area contributed by atoms with E-state index in [0.717, 1.165) is 5.56 Å². The molecule has 0 bridgehead atoms. The largest absolute Gasteiger partial charge is 0.457 e. The van der Waals surface area contributed by atoms with Crippen LogP contribution in [0, 0.1) is 6.92 Å². The van der Waals surface area contributed by atoms with Crippen molar-refractivity contribution in [1.29, 1.82) is 0 Å². The highest BCUT2D eigenvalue weighted by molar-refractivity contribution is 5.91. The Bertz CT molecular complexity index is 577. The highest BCUT2D eigenvalue weighted by Crippen LogP contribution is 2.12. The van der Waals surface area contributed by atoms with Gasteiger partial charge in [-0.05, 0) is 13.0 Å². The van der Waals surface area contributed by atoms with E-state index in [4.69, 9.17) is 10.5 Å². The summed E-state index contributed by atoms with van der Waals surface area (Å²) in [5.41, 5.74) is 7.85. The number of hydrogen-bond donors (Lipinski definition) is 1. The van der Waals surface area contributed by atoms with Gasteiger partial charge in [-0.15, -0.1) is 0 Å². The smallest absolute Gasteiger partial charge is 0.340 e. The molecule has 0 fully saturated rings. The number of carbonyl (C=O) groups is 1. The van der Waals surface area contributed by atoms with Crippen LogP contribution >= 0.6 is 0 Å². The van der Waals surface area contributed by atoms with E-state index in [1.165, 1.54) is 6.20 Å². The Balaban J connectivity index is 2.05. The van der Waals surface area contributed by atoms with Crippen molar-refractivity contribution >= 4 is 11.7 Å². The Hall–Kier alpha value is -2.37. The summed E-state index contributed by atoms with van der Waals surface area (Å²) in [4.78, 5) is 15.9. The Morgan fingerprint density at radius 1 is 1.50 bits per heavy atom. The molecule has 94 valence electrons. The van der Waals surface area contributed by atoms with Crippen molar-refractivity contribution in [3.8, 4) is 0 Å². The number of anilines is 1. The Morgan fingerprint density at radius 3 is 2.94 bits per heavy atom. The summed E-state index contributed by atoms with van der Waals surface area (Å²) in [6, 6.07) is 1.56. The summed E-state index contributed by atoms with van der Waals surface area (Å²) in [6.45, 7) is 1.92. The third-order valence-corrected chi connectivity index (χ3v) is 2.46. The zero-order chi connectivity index (χ0) is 13.1. The van der Waals surface area contributed by atoms with Crippen LogP contribution in [0.1, 0.15) is 21.6 Å². The summed E-state index contributed by atoms with van der Waals surface area (Å²) >= 11 is 0. The second kappa shape index (κ2) is 4.87. The molecule has 0 atom stereocenters. The lowest BCUT2D eigenvalue weighted by molar-refractivity contribution is 0.0471. The Labute approximate surface area is 104 Å². The first-order valence-electron chi connectivity index (χ1n) is 5.43. The zero-order valence-corrected chi connectivity index (χ0v) is 10.3. The Kier molecular flexibility index (Phi) is 3.27. The minimum atomic E-state index is -0.434. The fourth-order valence-corrected chi connectivity index (χ4v) is 1.53. The molecule has 2 aromatic rings. The van der Waals surface area contributed by atoms with Gasteiger partial charge in [0.25, 0.3) is 0 Å². The number of nitrogens with zero attached hydrogens (tertiary/aromatic N) is 3. The molecule has 0 aliphatic heterocycles. The van der Waals surface area contributed by atoms with Gasteiger partial charge < -0.3 is 10.5 Å². The van der Waals surface area contributed by atoms with Crippen molar-refractivity contribution < 1.29 is 9.53 Å². The SMILES string of the molecule is Cc1ncc(N)cc1C(=O)OCc1cnn(C)c1. The van der Waals surface area contributed by atoms with Gasteiger partial charge in [0.15, 0.2) is 0 Å². The van der Waals surface area contributed by atoms with Crippen LogP contribution in [-0.4, -0.2) is 20.7 Å². The van der Waals surface area contributed by atoms with Crippen molar-refractivity contribution in [1.82, 2.24) is 14.8 Å². The van der Waals surface area contributed by atoms with E-state index in [-0.39, 0.29) is 6.61 Å². The predicted molar refractivity (Wildman–Crippen MR) is 65.7 cm³/mol. The molecular formula is C12H14N4O2. The molecule has 0 aliphatic rings. The van der Waals surface area contributed by atoms with Crippen LogP contribution in [0.2, 0.25) is 0 Å². The summed E-state index contributed by atoms with van der Waals surface area (Å²) < 4.78 is 6.82. The topological polar surface area (TPSA) is 83.0 Å². The molecule has 0 aliphatic carbocycles. The fraction of sp³-hybridized carbons (Fsp3) is 0.250. The van der Waals surface area contributed by atoms with Gasteiger partial charge in [-0.1, -0.05) is 0 Å². The standard InChI is InChI=1S/C12H14N4O2/c1-8-11(3-10(13)5-14-8)12(17)18-7-9-4-15-16(2)6-9/h3-6H,7,13H2,1-2H3. The lowest BCUT2D eigenvalue weighted by Crippen LogP contribution is -2.08. The monoisotopic (exact) mass is 246 g/mol. The van der Waals surface area contributed by atoms with Crippen molar-refractivity contribution in [3.63, 3.8) is 0 Å². The van der Waals surface area contributed by atoms with Gasteiger partial charge in [0.2, 0.25) is 0 Å². The molecule has 2 heterocycles. The normalized spacial score (nSPS) is 10.3. The fourth-order valence-electron chi connectivity index (χ4n) is 1.53. The van der Waals surface area contributed by atoms with E-state index in [2.05, 4.69) is 10.1 Å². The lowest BCUT2D eigenvalue weighted by Gasteiger charge is -2.06. The van der Waals surface area contributed by atoms with Crippen LogP contribution in [-0.2, 0) is 18.4 Å². The maximum absolute atomic E-state index is 11.9. The molecule has 0 aromatic carbocycles. The lowest BCUT2D eigenvalue weighted by atomic mass is 10.2. The van der Waals surface area contributed by atoms with Crippen LogP contribution < -0.4 is 5.73 Å². The van der Waals surface area contributed by atoms with Crippen LogP contribution in [0.4, 0.5) is 5.69 Å². The number of hydrogen-bond acceptors (Lipinski definition) is 5. The number of rotatable bonds is 3. The van der Waals surface area contributed by atoms with Gasteiger partial charge in [0, 0.05) is 18.8 Å². The van der Waals surface area contributed by atoms with Crippen LogP contribution in [0.15, 0.2) is 24.7 Å². The van der Waals surface area contributed by atoms with Crippen molar-refractivity contribution in [3.05, 3.63) is 41.5 Å². The van der Waals surface area contributed by atoms with E-state index in [1.807, 2.05) is 0 Å². The van der Waals surface area contributed by atoms with E-state index >= 15 is 0 Å². The molecule has 0 radical (unpaired) electrons. The number of carbonyl (C=O) groups excluding carboxylic acids is 1. The third-order valence-electron chi connectivity index (χ3n) is 2.46. The van der Waals surface area contributed by atoms with Gasteiger partial charge >= 0.3 is 5.97 Å². The molecule has 18 heavy (non-hydrogen) atoms. The minimum Gasteiger partial charge on any atom is -0.457 e. The molecular weight excluding hydrogens is 232 g/mol. The molecule has 0 spiro atoms. The van der Waals surface area contributed by atoms with Gasteiger partial charge in [0.1, 0.15) is 6.61 Å². The van der Waals surface area contributed by atoms with Gasteiger partial charge in [-0.25, -0.2) is 4.79 Å². The van der Waals surface area contributed by atoms with E-state index in [1.54, 1.807) is 37.1 Å². The Morgan fingerprint density at radius 2 is 2.28 bits per heavy atom. The van der Waals surface area contributed by atoms with Gasteiger partial charge in [-0.2, -0.15) is 5.10 Å². The summed E-state index contributed by atoms with van der Waals surface area (Å²) in [5.74, 6) is -0.434. The summed E-state index contributed by atoms with van der Waals surface area (Å²) in [5, 5.41) is 3.99. The maximum atomic E-state index is 11.9. The first-order chi connectivity index (χ1) is 8.56. The minimum absolute atomic E-state index is 0.181. The molecule has 0 saturated heterocycles. The van der Waals surface area contributed by atoms with E-state index < -0.39 is 5.97 Å². The molecule has 0 saturated carbocycles. The second-order valence-electron chi connectivity index (χ2n) is 4.00. The summed E-state index contributed by atoms with van der Waals surface area (Å²) in [7, 11) is 1.80. The van der Waals surface area contributed by atoms with E-state index in [0.29, 0.717) is 16.9 Å². The van der Waals surface area contributed by atoms with Crippen molar-refractivity contribution in [2.45, 2.75) is 13.5 Å². The van der Waals surface area contributed by atoms with E-state index in [9.17, 15) is 4.79 Å². The number of pyridine rings is 1. The average Bonchev–Trinajstić information content (AvgIpc) is 2.75. The number of ether oxygens (including phenoxy) is 1. The second-order valence-corrected chi connectivity index (χ2v) is 4.00. The van der Waals surface area contributed by atoms with Crippen LogP contribution in [0.5, 0.6) is 0 Å². The first kappa shape index (κ1) is 12.1. The molecule has 6 nitrogen and oxygen atoms in total. The van der Waals surface area contributed by atoms with Gasteiger partial charge in [-0.3, -0.25) is 9.67 Å². The molecule has 2 N–H and O–H groups in total. The quantitative estimate of drug-likeness (QED) is 0.819. The third kappa shape index (κ3) is 2.65. The van der Waals surface area contributed by atoms with Crippen molar-refractivity contribution in [2.24, 2.45) is 7.05 Å². The predicted octanol–water partition coefficient (Wildman–Crippen LogP) is 1.06.